The summed E-state index contributed by atoms with van der Waals surface area (Å²) in [5, 5.41) is 22.7. The van der Waals surface area contributed by atoms with Gasteiger partial charge >= 0.3 is 0 Å². The van der Waals surface area contributed by atoms with Crippen LogP contribution in [0.4, 0.5) is 11.4 Å². The number of nitrogens with one attached hydrogen (secondary N) is 1. The molecule has 2 rings (SSSR count). The van der Waals surface area contributed by atoms with Crippen molar-refractivity contribution in [1.29, 1.82) is 5.26 Å². The first-order valence-corrected chi connectivity index (χ1v) is 6.48. The summed E-state index contributed by atoms with van der Waals surface area (Å²) in [5.74, 6) is -0.217. The van der Waals surface area contributed by atoms with Gasteiger partial charge in [-0.05, 0) is 12.5 Å². The summed E-state index contributed by atoms with van der Waals surface area (Å²) < 4.78 is 0. The number of carbonyl (C=O) groups excluding carboxylic acids is 1. The van der Waals surface area contributed by atoms with E-state index in [0.29, 0.717) is 18.8 Å². The molecule has 1 heterocycles. The number of anilines is 1. The number of nitro groups is 1. The zero-order valence-corrected chi connectivity index (χ0v) is 11.3. The van der Waals surface area contributed by atoms with Crippen LogP contribution in [0.15, 0.2) is 18.2 Å². The average molecular weight is 289 g/mol. The highest BCUT2D eigenvalue weighted by Gasteiger charge is 2.26. The third-order valence-corrected chi connectivity index (χ3v) is 3.39. The van der Waals surface area contributed by atoms with Crippen molar-refractivity contribution in [3.05, 3.63) is 33.9 Å². The quantitative estimate of drug-likeness (QED) is 0.599. The Bertz CT molecular complexity index is 610. The molecule has 8 heteroatoms. The molecular weight excluding hydrogens is 274 g/mol. The Hall–Kier alpha value is -2.66. The Balaban J connectivity index is 2.15. The third-order valence-electron chi connectivity index (χ3n) is 3.39. The van der Waals surface area contributed by atoms with Crippen molar-refractivity contribution in [2.24, 2.45) is 5.73 Å². The second-order valence-electron chi connectivity index (χ2n) is 4.77. The normalized spacial score (nSPS) is 17.3. The maximum atomic E-state index is 11.3. The van der Waals surface area contributed by atoms with Gasteiger partial charge in [0.05, 0.1) is 22.7 Å². The molecule has 0 spiro atoms. The molecule has 1 saturated heterocycles. The molecule has 1 aliphatic heterocycles. The van der Waals surface area contributed by atoms with Crippen molar-refractivity contribution in [3.63, 3.8) is 0 Å². The topological polar surface area (TPSA) is 125 Å². The van der Waals surface area contributed by atoms with E-state index in [-0.39, 0.29) is 29.7 Å². The summed E-state index contributed by atoms with van der Waals surface area (Å²) in [7, 11) is 0. The van der Waals surface area contributed by atoms with Crippen molar-refractivity contribution in [2.75, 3.05) is 24.5 Å². The fourth-order valence-corrected chi connectivity index (χ4v) is 2.39. The zero-order chi connectivity index (χ0) is 15.4. The summed E-state index contributed by atoms with van der Waals surface area (Å²) in [5.41, 5.74) is 6.05. The lowest BCUT2D eigenvalue weighted by molar-refractivity contribution is -0.384. The Morgan fingerprint density at radius 1 is 1.62 bits per heavy atom. The minimum atomic E-state index is -0.529. The molecule has 21 heavy (non-hydrogen) atoms. The molecule has 0 saturated carbocycles. The van der Waals surface area contributed by atoms with Gasteiger partial charge in [0, 0.05) is 31.3 Å². The molecule has 8 nitrogen and oxygen atoms in total. The van der Waals surface area contributed by atoms with Crippen molar-refractivity contribution < 1.29 is 9.72 Å². The van der Waals surface area contributed by atoms with E-state index >= 15 is 0 Å². The monoisotopic (exact) mass is 289 g/mol. The van der Waals surface area contributed by atoms with Crippen molar-refractivity contribution >= 4 is 17.3 Å². The van der Waals surface area contributed by atoms with Gasteiger partial charge in [0.25, 0.3) is 5.69 Å². The van der Waals surface area contributed by atoms with Gasteiger partial charge in [-0.2, -0.15) is 5.26 Å². The number of hydrogen-bond acceptors (Lipinski definition) is 6. The molecule has 0 aliphatic carbocycles. The van der Waals surface area contributed by atoms with Crippen LogP contribution in [-0.4, -0.2) is 36.5 Å². The highest BCUT2D eigenvalue weighted by molar-refractivity contribution is 5.78. The molecule has 0 unspecified atom stereocenters. The summed E-state index contributed by atoms with van der Waals surface area (Å²) in [6.45, 7) is 1.16. The van der Waals surface area contributed by atoms with Gasteiger partial charge < -0.3 is 16.0 Å². The van der Waals surface area contributed by atoms with Crippen LogP contribution in [0.5, 0.6) is 0 Å². The van der Waals surface area contributed by atoms with Gasteiger partial charge in [0.2, 0.25) is 5.91 Å². The van der Waals surface area contributed by atoms with Crippen molar-refractivity contribution in [2.45, 2.75) is 12.5 Å². The number of amides is 1. The first kappa shape index (κ1) is 14.7. The van der Waals surface area contributed by atoms with E-state index in [1.165, 1.54) is 12.1 Å². The number of carbonyl (C=O) groups is 1. The number of nitrogens with zero attached hydrogens (tertiary/aromatic N) is 3. The Morgan fingerprint density at radius 2 is 2.38 bits per heavy atom. The summed E-state index contributed by atoms with van der Waals surface area (Å²) in [6, 6.07) is 6.17. The second kappa shape index (κ2) is 6.19. The number of non-ortho nitro benzene ring substituents is 1. The van der Waals surface area contributed by atoms with Crippen LogP contribution in [0, 0.1) is 21.4 Å². The number of nitriles is 1. The number of rotatable bonds is 4. The average Bonchev–Trinajstić information content (AvgIpc) is 2.94. The molecule has 1 fully saturated rings. The molecular formula is C13H15N5O3. The van der Waals surface area contributed by atoms with E-state index in [0.717, 1.165) is 6.42 Å². The van der Waals surface area contributed by atoms with Crippen molar-refractivity contribution in [3.8, 4) is 6.07 Å². The predicted octanol–water partition coefficient (Wildman–Crippen LogP) is 0.120. The number of hydrogen-bond donors (Lipinski definition) is 2. The maximum absolute atomic E-state index is 11.3. The largest absolute Gasteiger partial charge is 0.368 e. The van der Waals surface area contributed by atoms with Crippen LogP contribution in [0.3, 0.4) is 0 Å². The minimum absolute atomic E-state index is 0.0252. The van der Waals surface area contributed by atoms with Gasteiger partial charge in [-0.15, -0.1) is 0 Å². The molecule has 110 valence electrons. The number of nitro benzene ring substituents is 1. The standard InChI is InChI=1S/C13H15N5O3/c14-6-9-5-11(18(20)21)1-2-12(9)17-4-3-10(8-17)16-13(19)7-15/h1-2,5,10H,3-4,7-8,15H2,(H,16,19)/t10-/m0/s1. The SMILES string of the molecule is N#Cc1cc([N+](=O)[O-])ccc1N1CC[C@H](NC(=O)CN)C1. The number of nitrogens with two attached hydrogens (primary N) is 1. The third kappa shape index (κ3) is 3.27. The van der Waals surface area contributed by atoms with Crippen LogP contribution < -0.4 is 16.0 Å². The summed E-state index contributed by atoms with van der Waals surface area (Å²) in [6.07, 6.45) is 0.744. The molecule has 1 atom stereocenters. The lowest BCUT2D eigenvalue weighted by Gasteiger charge is -2.20. The summed E-state index contributed by atoms with van der Waals surface area (Å²) in [4.78, 5) is 23.4. The van der Waals surface area contributed by atoms with Crippen molar-refractivity contribution in [1.82, 2.24) is 5.32 Å². The first-order chi connectivity index (χ1) is 10.0. The van der Waals surface area contributed by atoms with E-state index in [1.807, 2.05) is 11.0 Å². The molecule has 0 radical (unpaired) electrons. The van der Waals surface area contributed by atoms with Crippen LogP contribution in [0.1, 0.15) is 12.0 Å². The fourth-order valence-electron chi connectivity index (χ4n) is 2.39. The van der Waals surface area contributed by atoms with Gasteiger partial charge in [-0.1, -0.05) is 0 Å². The van der Waals surface area contributed by atoms with Gasteiger partial charge in [0.1, 0.15) is 6.07 Å². The van der Waals surface area contributed by atoms with Crippen LogP contribution in [0.2, 0.25) is 0 Å². The lowest BCUT2D eigenvalue weighted by atomic mass is 10.1. The Morgan fingerprint density at radius 3 is 3.00 bits per heavy atom. The van der Waals surface area contributed by atoms with E-state index in [9.17, 15) is 14.9 Å². The molecule has 1 aliphatic rings. The smallest absolute Gasteiger partial charge is 0.270 e. The highest BCUT2D eigenvalue weighted by Crippen LogP contribution is 2.27. The van der Waals surface area contributed by atoms with Crippen LogP contribution in [0.25, 0.3) is 0 Å². The molecule has 1 aromatic rings. The Labute approximate surface area is 121 Å². The fraction of sp³-hybridized carbons (Fsp3) is 0.385. The van der Waals surface area contributed by atoms with Crippen LogP contribution in [-0.2, 0) is 4.79 Å². The first-order valence-electron chi connectivity index (χ1n) is 6.48. The molecule has 0 aromatic heterocycles. The van der Waals surface area contributed by atoms with Crippen LogP contribution >= 0.6 is 0 Å². The molecule has 3 N–H and O–H groups in total. The van der Waals surface area contributed by atoms with Gasteiger partial charge in [0.15, 0.2) is 0 Å². The summed E-state index contributed by atoms with van der Waals surface area (Å²) >= 11 is 0. The zero-order valence-electron chi connectivity index (χ0n) is 11.3. The predicted molar refractivity (Wildman–Crippen MR) is 75.6 cm³/mol. The lowest BCUT2D eigenvalue weighted by Crippen LogP contribution is -2.40. The maximum Gasteiger partial charge on any atom is 0.270 e. The highest BCUT2D eigenvalue weighted by atomic mass is 16.6. The second-order valence-corrected chi connectivity index (χ2v) is 4.77. The molecule has 0 bridgehead atoms. The molecule has 1 aromatic carbocycles. The van der Waals surface area contributed by atoms with E-state index < -0.39 is 4.92 Å². The van der Waals surface area contributed by atoms with Gasteiger partial charge in [-0.3, -0.25) is 14.9 Å². The van der Waals surface area contributed by atoms with E-state index in [4.69, 9.17) is 11.0 Å². The van der Waals surface area contributed by atoms with Gasteiger partial charge in [-0.25, -0.2) is 0 Å². The van der Waals surface area contributed by atoms with E-state index in [1.54, 1.807) is 6.07 Å². The Kier molecular flexibility index (Phi) is 4.35. The van der Waals surface area contributed by atoms with E-state index in [2.05, 4.69) is 5.32 Å². The number of benzene rings is 1. The minimum Gasteiger partial charge on any atom is -0.368 e. The molecule has 1 amide bonds.